The van der Waals surface area contributed by atoms with Crippen molar-refractivity contribution in [1.29, 1.82) is 0 Å². The van der Waals surface area contributed by atoms with E-state index in [0.29, 0.717) is 5.56 Å². The minimum absolute atomic E-state index is 0.576. The van der Waals surface area contributed by atoms with Crippen LogP contribution in [0.3, 0.4) is 0 Å². The SMILES string of the molecule is C[CH]c1ccc(-c2cccc(C(F)(F)F)c2)cc1. The average Bonchev–Trinajstić information content (AvgIpc) is 2.38. The van der Waals surface area contributed by atoms with Crippen LogP contribution in [0.25, 0.3) is 11.1 Å². The summed E-state index contributed by atoms with van der Waals surface area (Å²) in [4.78, 5) is 0. The van der Waals surface area contributed by atoms with Crippen LogP contribution in [0, 0.1) is 6.42 Å². The smallest absolute Gasteiger partial charge is 0.166 e. The Kier molecular flexibility index (Phi) is 3.41. The topological polar surface area (TPSA) is 0 Å². The van der Waals surface area contributed by atoms with Gasteiger partial charge in [-0.3, -0.25) is 0 Å². The zero-order chi connectivity index (χ0) is 13.2. The number of benzene rings is 2. The Hall–Kier alpha value is -1.77. The fraction of sp³-hybridized carbons (Fsp3) is 0.133. The molecule has 0 aliphatic heterocycles. The molecule has 0 aromatic heterocycles. The molecule has 1 radical (unpaired) electrons. The van der Waals surface area contributed by atoms with Crippen LogP contribution in [0.2, 0.25) is 0 Å². The van der Waals surface area contributed by atoms with E-state index in [9.17, 15) is 13.2 Å². The van der Waals surface area contributed by atoms with Crippen molar-refractivity contribution < 1.29 is 13.2 Å². The molecule has 0 unspecified atom stereocenters. The molecular formula is C15H12F3. The molecular weight excluding hydrogens is 237 g/mol. The number of halogens is 3. The van der Waals surface area contributed by atoms with Gasteiger partial charge in [0, 0.05) is 0 Å². The maximum atomic E-state index is 12.6. The lowest BCUT2D eigenvalue weighted by Crippen LogP contribution is -2.04. The van der Waals surface area contributed by atoms with Crippen molar-refractivity contribution in [3.63, 3.8) is 0 Å². The van der Waals surface area contributed by atoms with Gasteiger partial charge in [0.2, 0.25) is 0 Å². The van der Waals surface area contributed by atoms with Crippen molar-refractivity contribution in [2.24, 2.45) is 0 Å². The lowest BCUT2D eigenvalue weighted by molar-refractivity contribution is -0.137. The summed E-state index contributed by atoms with van der Waals surface area (Å²) in [7, 11) is 0. The molecule has 93 valence electrons. The second-order valence-electron chi connectivity index (χ2n) is 3.99. The molecule has 2 rings (SSSR count). The first kappa shape index (κ1) is 12.7. The molecule has 0 atom stereocenters. The highest BCUT2D eigenvalue weighted by atomic mass is 19.4. The first-order valence-electron chi connectivity index (χ1n) is 5.58. The van der Waals surface area contributed by atoms with Gasteiger partial charge in [-0.2, -0.15) is 13.2 Å². The molecule has 0 nitrogen and oxygen atoms in total. The summed E-state index contributed by atoms with van der Waals surface area (Å²) in [5.41, 5.74) is 1.79. The van der Waals surface area contributed by atoms with Crippen LogP contribution in [-0.2, 0) is 6.18 Å². The van der Waals surface area contributed by atoms with Crippen LogP contribution in [0.4, 0.5) is 13.2 Å². The Morgan fingerprint density at radius 3 is 2.11 bits per heavy atom. The second-order valence-corrected chi connectivity index (χ2v) is 3.99. The van der Waals surface area contributed by atoms with E-state index in [0.717, 1.165) is 17.2 Å². The average molecular weight is 249 g/mol. The van der Waals surface area contributed by atoms with Gasteiger partial charge in [-0.05, 0) is 35.2 Å². The summed E-state index contributed by atoms with van der Waals surface area (Å²) >= 11 is 0. The molecule has 2 aromatic carbocycles. The third-order valence-electron chi connectivity index (χ3n) is 2.77. The molecule has 0 spiro atoms. The van der Waals surface area contributed by atoms with Gasteiger partial charge in [-0.15, -0.1) is 0 Å². The minimum Gasteiger partial charge on any atom is -0.166 e. The van der Waals surface area contributed by atoms with E-state index < -0.39 is 11.7 Å². The van der Waals surface area contributed by atoms with Gasteiger partial charge in [0.05, 0.1) is 5.56 Å². The van der Waals surface area contributed by atoms with Gasteiger partial charge in [-0.1, -0.05) is 43.3 Å². The monoisotopic (exact) mass is 249 g/mol. The van der Waals surface area contributed by atoms with Gasteiger partial charge in [0.15, 0.2) is 0 Å². The van der Waals surface area contributed by atoms with Gasteiger partial charge in [0.1, 0.15) is 0 Å². The molecule has 0 amide bonds. The van der Waals surface area contributed by atoms with E-state index in [1.165, 1.54) is 12.1 Å². The summed E-state index contributed by atoms with van der Waals surface area (Å²) in [6.07, 6.45) is -2.36. The Labute approximate surface area is 104 Å². The lowest BCUT2D eigenvalue weighted by atomic mass is 10.0. The first-order valence-corrected chi connectivity index (χ1v) is 5.58. The molecule has 0 bridgehead atoms. The van der Waals surface area contributed by atoms with Crippen molar-refractivity contribution >= 4 is 0 Å². The largest absolute Gasteiger partial charge is 0.416 e. The molecule has 0 aliphatic carbocycles. The normalized spacial score (nSPS) is 11.6. The highest BCUT2D eigenvalue weighted by Gasteiger charge is 2.30. The summed E-state index contributed by atoms with van der Waals surface area (Å²) < 4.78 is 37.8. The predicted octanol–water partition coefficient (Wildman–Crippen LogP) is 4.94. The van der Waals surface area contributed by atoms with Crippen LogP contribution in [0.5, 0.6) is 0 Å². The van der Waals surface area contributed by atoms with E-state index in [2.05, 4.69) is 0 Å². The van der Waals surface area contributed by atoms with Crippen LogP contribution in [0.15, 0.2) is 48.5 Å². The van der Waals surface area contributed by atoms with E-state index in [-0.39, 0.29) is 0 Å². The molecule has 0 fully saturated rings. The van der Waals surface area contributed by atoms with Crippen molar-refractivity contribution in [2.75, 3.05) is 0 Å². The summed E-state index contributed by atoms with van der Waals surface area (Å²) in [5, 5.41) is 0. The minimum atomic E-state index is -4.30. The number of hydrogen-bond acceptors (Lipinski definition) is 0. The molecule has 2 aromatic rings. The molecule has 0 saturated carbocycles. The zero-order valence-corrected chi connectivity index (χ0v) is 9.83. The maximum Gasteiger partial charge on any atom is 0.416 e. The lowest BCUT2D eigenvalue weighted by Gasteiger charge is -2.09. The van der Waals surface area contributed by atoms with Crippen LogP contribution in [-0.4, -0.2) is 0 Å². The third-order valence-corrected chi connectivity index (χ3v) is 2.77. The Morgan fingerprint density at radius 1 is 0.889 bits per heavy atom. The van der Waals surface area contributed by atoms with Gasteiger partial charge in [0.25, 0.3) is 0 Å². The van der Waals surface area contributed by atoms with Gasteiger partial charge >= 0.3 is 6.18 Å². The van der Waals surface area contributed by atoms with Crippen molar-refractivity contribution in [3.05, 3.63) is 66.1 Å². The summed E-state index contributed by atoms with van der Waals surface area (Å²) in [6, 6.07) is 12.8. The Morgan fingerprint density at radius 2 is 1.56 bits per heavy atom. The Balaban J connectivity index is 2.38. The standard InChI is InChI=1S/C15H12F3/c1-2-11-6-8-12(9-7-11)13-4-3-5-14(10-13)15(16,17)18/h2-10H,1H3. The summed E-state index contributed by atoms with van der Waals surface area (Å²) in [6.45, 7) is 1.92. The number of alkyl halides is 3. The molecule has 0 saturated heterocycles. The summed E-state index contributed by atoms with van der Waals surface area (Å²) in [5.74, 6) is 0. The Bertz CT molecular complexity index is 524. The quantitative estimate of drug-likeness (QED) is 0.706. The number of hydrogen-bond donors (Lipinski definition) is 0. The van der Waals surface area contributed by atoms with E-state index in [1.54, 1.807) is 6.07 Å². The predicted molar refractivity (Wildman–Crippen MR) is 66.0 cm³/mol. The van der Waals surface area contributed by atoms with Crippen LogP contribution < -0.4 is 0 Å². The maximum absolute atomic E-state index is 12.6. The number of rotatable bonds is 2. The molecule has 0 N–H and O–H groups in total. The molecule has 0 heterocycles. The first-order chi connectivity index (χ1) is 8.50. The second kappa shape index (κ2) is 4.84. The fourth-order valence-electron chi connectivity index (χ4n) is 1.74. The van der Waals surface area contributed by atoms with E-state index in [1.807, 2.05) is 37.6 Å². The van der Waals surface area contributed by atoms with E-state index >= 15 is 0 Å². The zero-order valence-electron chi connectivity index (χ0n) is 9.83. The molecule has 0 aliphatic rings. The van der Waals surface area contributed by atoms with Crippen LogP contribution >= 0.6 is 0 Å². The van der Waals surface area contributed by atoms with Crippen molar-refractivity contribution in [1.82, 2.24) is 0 Å². The van der Waals surface area contributed by atoms with Crippen LogP contribution in [0.1, 0.15) is 18.1 Å². The van der Waals surface area contributed by atoms with Gasteiger partial charge < -0.3 is 0 Å². The van der Waals surface area contributed by atoms with Gasteiger partial charge in [-0.25, -0.2) is 0 Å². The fourth-order valence-corrected chi connectivity index (χ4v) is 1.74. The van der Waals surface area contributed by atoms with Crippen molar-refractivity contribution in [2.45, 2.75) is 13.1 Å². The highest BCUT2D eigenvalue weighted by Crippen LogP contribution is 2.32. The molecule has 18 heavy (non-hydrogen) atoms. The highest BCUT2D eigenvalue weighted by molar-refractivity contribution is 5.64. The van der Waals surface area contributed by atoms with E-state index in [4.69, 9.17) is 0 Å². The van der Waals surface area contributed by atoms with Crippen molar-refractivity contribution in [3.8, 4) is 11.1 Å². The third kappa shape index (κ3) is 2.73. The molecule has 3 heteroatoms.